The van der Waals surface area contributed by atoms with E-state index in [-0.39, 0.29) is 6.61 Å². The molecule has 0 radical (unpaired) electrons. The first-order chi connectivity index (χ1) is 13.9. The Hall–Kier alpha value is -3.02. The van der Waals surface area contributed by atoms with Crippen LogP contribution in [0.5, 0.6) is 5.75 Å². The second kappa shape index (κ2) is 7.78. The lowest BCUT2D eigenvalue weighted by Gasteiger charge is -2.12. The summed E-state index contributed by atoms with van der Waals surface area (Å²) in [6.07, 6.45) is 0. The van der Waals surface area contributed by atoms with Gasteiger partial charge in [0.25, 0.3) is 5.91 Å². The molecule has 0 aliphatic rings. The van der Waals surface area contributed by atoms with Gasteiger partial charge in [-0.15, -0.1) is 0 Å². The average Bonchev–Trinajstić information content (AvgIpc) is 2.71. The summed E-state index contributed by atoms with van der Waals surface area (Å²) in [5, 5.41) is 5.62. The van der Waals surface area contributed by atoms with E-state index in [0.717, 1.165) is 10.8 Å². The predicted octanol–water partition coefficient (Wildman–Crippen LogP) is 5.58. The number of nitrogens with one attached hydrogen (secondary N) is 1. The minimum absolute atomic E-state index is 0.243. The zero-order valence-electron chi connectivity index (χ0n) is 15.3. The van der Waals surface area contributed by atoms with Crippen LogP contribution in [-0.2, 0) is 4.79 Å². The first kappa shape index (κ1) is 19.3. The first-order valence-corrected chi connectivity index (χ1v) is 9.52. The number of fused-ring (bicyclic) bond motifs is 3. The number of carbonyl (C=O) groups is 1. The molecule has 3 aromatic carbocycles. The molecule has 1 aromatic heterocycles. The Balaban J connectivity index is 1.59. The van der Waals surface area contributed by atoms with Crippen LogP contribution in [0.25, 0.3) is 21.7 Å². The standard InChI is InChI=1S/C22H15Cl2NO4/c1-12-19(28-11-20(26)25-18-10-13(23)6-8-17(18)24)9-7-15-14-4-2-3-5-16(14)22(27)29-21(12)15/h2-10H,11H2,1H3,(H,25,26). The fraction of sp³-hybridized carbons (Fsp3) is 0.0909. The molecule has 4 rings (SSSR count). The molecule has 0 atom stereocenters. The number of halogens is 2. The summed E-state index contributed by atoms with van der Waals surface area (Å²) in [7, 11) is 0. The number of benzene rings is 3. The summed E-state index contributed by atoms with van der Waals surface area (Å²) in [5.41, 5.74) is 1.06. The van der Waals surface area contributed by atoms with Gasteiger partial charge in [0.15, 0.2) is 6.61 Å². The summed E-state index contributed by atoms with van der Waals surface area (Å²) in [6.45, 7) is 1.54. The van der Waals surface area contributed by atoms with Crippen LogP contribution < -0.4 is 15.7 Å². The van der Waals surface area contributed by atoms with Crippen LogP contribution in [0.3, 0.4) is 0 Å². The molecule has 0 unspecified atom stereocenters. The number of hydrogen-bond donors (Lipinski definition) is 1. The molecule has 0 saturated carbocycles. The Labute approximate surface area is 175 Å². The normalized spacial score (nSPS) is 11.0. The Morgan fingerprint density at radius 2 is 1.79 bits per heavy atom. The van der Waals surface area contributed by atoms with Crippen molar-refractivity contribution in [2.24, 2.45) is 0 Å². The van der Waals surface area contributed by atoms with Crippen LogP contribution in [0, 0.1) is 6.92 Å². The Bertz CT molecular complexity index is 1310. The van der Waals surface area contributed by atoms with Gasteiger partial charge in [-0.05, 0) is 48.7 Å². The molecule has 146 valence electrons. The van der Waals surface area contributed by atoms with Crippen molar-refractivity contribution in [3.63, 3.8) is 0 Å². The number of rotatable bonds is 4. The van der Waals surface area contributed by atoms with E-state index in [0.29, 0.717) is 38.0 Å². The second-order valence-corrected chi connectivity index (χ2v) is 7.31. The molecule has 1 N–H and O–H groups in total. The second-order valence-electron chi connectivity index (χ2n) is 6.46. The number of aryl methyl sites for hydroxylation is 1. The highest BCUT2D eigenvalue weighted by atomic mass is 35.5. The van der Waals surface area contributed by atoms with E-state index in [2.05, 4.69) is 5.32 Å². The third-order valence-corrected chi connectivity index (χ3v) is 5.11. The van der Waals surface area contributed by atoms with Gasteiger partial charge in [0.2, 0.25) is 0 Å². The van der Waals surface area contributed by atoms with Gasteiger partial charge in [0.05, 0.1) is 16.1 Å². The van der Waals surface area contributed by atoms with E-state index in [9.17, 15) is 9.59 Å². The molecule has 0 aliphatic carbocycles. The maximum atomic E-state index is 12.3. The van der Waals surface area contributed by atoms with Gasteiger partial charge < -0.3 is 14.5 Å². The van der Waals surface area contributed by atoms with E-state index in [4.69, 9.17) is 32.4 Å². The number of anilines is 1. The Morgan fingerprint density at radius 3 is 2.59 bits per heavy atom. The summed E-state index contributed by atoms with van der Waals surface area (Å²) < 4.78 is 11.2. The monoisotopic (exact) mass is 427 g/mol. The highest BCUT2D eigenvalue weighted by Gasteiger charge is 2.14. The fourth-order valence-corrected chi connectivity index (χ4v) is 3.48. The highest BCUT2D eigenvalue weighted by Crippen LogP contribution is 2.31. The van der Waals surface area contributed by atoms with Crippen molar-refractivity contribution in [1.29, 1.82) is 0 Å². The summed E-state index contributed by atoms with van der Waals surface area (Å²) in [4.78, 5) is 24.5. The molecule has 0 saturated heterocycles. The van der Waals surface area contributed by atoms with E-state index in [1.807, 2.05) is 18.2 Å². The van der Waals surface area contributed by atoms with E-state index in [1.54, 1.807) is 43.3 Å². The molecule has 0 bridgehead atoms. The van der Waals surface area contributed by atoms with E-state index in [1.165, 1.54) is 0 Å². The molecule has 5 nitrogen and oxygen atoms in total. The molecule has 1 heterocycles. The van der Waals surface area contributed by atoms with Crippen molar-refractivity contribution in [2.45, 2.75) is 6.92 Å². The fourth-order valence-electron chi connectivity index (χ4n) is 3.14. The predicted molar refractivity (Wildman–Crippen MR) is 115 cm³/mol. The molecule has 1 amide bonds. The molecular formula is C22H15Cl2NO4. The molecule has 0 fully saturated rings. The molecule has 0 aliphatic heterocycles. The largest absolute Gasteiger partial charge is 0.483 e. The molecule has 0 spiro atoms. The number of amides is 1. The molecule has 4 aromatic rings. The lowest BCUT2D eigenvalue weighted by atomic mass is 10.0. The SMILES string of the molecule is Cc1c(OCC(=O)Nc2cc(Cl)ccc2Cl)ccc2c1oc(=O)c1ccccc12. The van der Waals surface area contributed by atoms with Gasteiger partial charge in [-0.1, -0.05) is 41.4 Å². The van der Waals surface area contributed by atoms with Crippen LogP contribution in [0.4, 0.5) is 5.69 Å². The maximum absolute atomic E-state index is 12.3. The average molecular weight is 428 g/mol. The lowest BCUT2D eigenvalue weighted by molar-refractivity contribution is -0.118. The van der Waals surface area contributed by atoms with Crippen molar-refractivity contribution in [3.8, 4) is 5.75 Å². The maximum Gasteiger partial charge on any atom is 0.344 e. The van der Waals surface area contributed by atoms with Crippen molar-refractivity contribution in [3.05, 3.63) is 80.6 Å². The summed E-state index contributed by atoms with van der Waals surface area (Å²) >= 11 is 12.0. The minimum Gasteiger partial charge on any atom is -0.483 e. The lowest BCUT2D eigenvalue weighted by Crippen LogP contribution is -2.20. The topological polar surface area (TPSA) is 68.5 Å². The first-order valence-electron chi connectivity index (χ1n) is 8.77. The minimum atomic E-state index is -0.415. The van der Waals surface area contributed by atoms with Crippen LogP contribution in [0.15, 0.2) is 63.8 Å². The van der Waals surface area contributed by atoms with Crippen molar-refractivity contribution < 1.29 is 13.9 Å². The van der Waals surface area contributed by atoms with Gasteiger partial charge in [-0.2, -0.15) is 0 Å². The number of carbonyl (C=O) groups excluding carboxylic acids is 1. The summed E-state index contributed by atoms with van der Waals surface area (Å²) in [5.74, 6) is 0.0527. The molecular weight excluding hydrogens is 413 g/mol. The van der Waals surface area contributed by atoms with Gasteiger partial charge in [0, 0.05) is 16.0 Å². The van der Waals surface area contributed by atoms with Crippen molar-refractivity contribution in [2.75, 3.05) is 11.9 Å². The quantitative estimate of drug-likeness (QED) is 0.341. The van der Waals surface area contributed by atoms with Crippen molar-refractivity contribution in [1.82, 2.24) is 0 Å². The molecule has 7 heteroatoms. The Morgan fingerprint density at radius 1 is 1.03 bits per heavy atom. The zero-order chi connectivity index (χ0) is 20.5. The van der Waals surface area contributed by atoms with Crippen LogP contribution in [-0.4, -0.2) is 12.5 Å². The van der Waals surface area contributed by atoms with E-state index >= 15 is 0 Å². The zero-order valence-corrected chi connectivity index (χ0v) is 16.8. The third kappa shape index (κ3) is 3.79. The van der Waals surface area contributed by atoms with E-state index < -0.39 is 11.5 Å². The van der Waals surface area contributed by atoms with Crippen LogP contribution in [0.1, 0.15) is 5.56 Å². The highest BCUT2D eigenvalue weighted by molar-refractivity contribution is 6.35. The van der Waals surface area contributed by atoms with Gasteiger partial charge in [-0.25, -0.2) is 4.79 Å². The molecule has 29 heavy (non-hydrogen) atoms. The number of ether oxygens (including phenoxy) is 1. The van der Waals surface area contributed by atoms with Gasteiger partial charge >= 0.3 is 5.63 Å². The summed E-state index contributed by atoms with van der Waals surface area (Å²) in [6, 6.07) is 15.6. The third-order valence-electron chi connectivity index (χ3n) is 4.55. The van der Waals surface area contributed by atoms with Gasteiger partial charge in [0.1, 0.15) is 11.3 Å². The van der Waals surface area contributed by atoms with Crippen molar-refractivity contribution >= 4 is 56.5 Å². The van der Waals surface area contributed by atoms with Crippen LogP contribution >= 0.6 is 23.2 Å². The number of hydrogen-bond acceptors (Lipinski definition) is 4. The smallest absolute Gasteiger partial charge is 0.344 e. The Kier molecular flexibility index (Phi) is 5.18. The van der Waals surface area contributed by atoms with Gasteiger partial charge in [-0.3, -0.25) is 4.79 Å². The van der Waals surface area contributed by atoms with Crippen LogP contribution in [0.2, 0.25) is 10.0 Å².